The molecule has 0 aliphatic heterocycles. The van der Waals surface area contributed by atoms with Crippen molar-refractivity contribution in [2.24, 2.45) is 0 Å². The molecule has 0 aromatic heterocycles. The highest BCUT2D eigenvalue weighted by molar-refractivity contribution is 6.34. The van der Waals surface area contributed by atoms with Crippen LogP contribution in [0, 0.1) is 0 Å². The number of carboxylic acid groups (broad SMARTS) is 1. The second-order valence-electron chi connectivity index (χ2n) is 3.68. The minimum Gasteiger partial charge on any atom is -0.496 e. The number of alkyl halides is 3. The van der Waals surface area contributed by atoms with E-state index in [4.69, 9.17) is 21.4 Å². The van der Waals surface area contributed by atoms with Crippen LogP contribution in [-0.4, -0.2) is 30.3 Å². The Kier molecular flexibility index (Phi) is 4.83. The van der Waals surface area contributed by atoms with Crippen molar-refractivity contribution < 1.29 is 32.6 Å². The van der Waals surface area contributed by atoms with E-state index in [1.807, 2.05) is 5.32 Å². The number of hydrogen-bond acceptors (Lipinski definition) is 3. The normalized spacial score (nSPS) is 11.1. The van der Waals surface area contributed by atoms with Gasteiger partial charge >= 0.3 is 12.1 Å². The number of methoxy groups -OCH3 is 1. The zero-order valence-corrected chi connectivity index (χ0v) is 10.8. The van der Waals surface area contributed by atoms with E-state index in [1.54, 1.807) is 0 Å². The van der Waals surface area contributed by atoms with Crippen LogP contribution in [-0.2, 0) is 4.79 Å². The molecule has 0 aliphatic rings. The Hall–Kier alpha value is -1.96. The maximum Gasteiger partial charge on any atom is 0.397 e. The number of aromatic carboxylic acids is 1. The number of halogens is 4. The van der Waals surface area contributed by atoms with Crippen LogP contribution < -0.4 is 10.1 Å². The molecule has 0 spiro atoms. The standard InChI is InChI=1S/C11H9ClF3NO4/c1-20-8-3-7(6(12)2-5(8)10(18)19)16-9(17)4-11(13,14)15/h2-3H,4H2,1H3,(H,16,17)(H,18,19). The first kappa shape index (κ1) is 16.1. The Morgan fingerprint density at radius 3 is 2.45 bits per heavy atom. The molecular weight excluding hydrogens is 303 g/mol. The Morgan fingerprint density at radius 2 is 2.00 bits per heavy atom. The van der Waals surface area contributed by atoms with Crippen LogP contribution in [0.5, 0.6) is 5.75 Å². The third-order valence-electron chi connectivity index (χ3n) is 2.15. The quantitative estimate of drug-likeness (QED) is 0.896. The molecule has 9 heteroatoms. The van der Waals surface area contributed by atoms with Crippen molar-refractivity contribution in [2.75, 3.05) is 12.4 Å². The fourth-order valence-corrected chi connectivity index (χ4v) is 1.57. The van der Waals surface area contributed by atoms with Gasteiger partial charge in [0.05, 0.1) is 17.8 Å². The third kappa shape index (κ3) is 4.30. The molecule has 0 radical (unpaired) electrons. The van der Waals surface area contributed by atoms with E-state index < -0.39 is 24.5 Å². The number of carboxylic acids is 1. The first-order chi connectivity index (χ1) is 9.14. The van der Waals surface area contributed by atoms with Gasteiger partial charge in [-0.25, -0.2) is 4.79 Å². The van der Waals surface area contributed by atoms with Gasteiger partial charge in [0.25, 0.3) is 0 Å². The third-order valence-corrected chi connectivity index (χ3v) is 2.47. The fraction of sp³-hybridized carbons (Fsp3) is 0.273. The predicted octanol–water partition coefficient (Wildman–Crippen LogP) is 2.94. The minimum atomic E-state index is -4.65. The van der Waals surface area contributed by atoms with Gasteiger partial charge in [0.1, 0.15) is 17.7 Å². The summed E-state index contributed by atoms with van der Waals surface area (Å²) in [6.45, 7) is 0. The molecule has 20 heavy (non-hydrogen) atoms. The monoisotopic (exact) mass is 311 g/mol. The van der Waals surface area contributed by atoms with Gasteiger partial charge in [-0.15, -0.1) is 0 Å². The van der Waals surface area contributed by atoms with Crippen molar-refractivity contribution in [3.05, 3.63) is 22.7 Å². The zero-order chi connectivity index (χ0) is 15.5. The molecule has 1 rings (SSSR count). The van der Waals surface area contributed by atoms with E-state index in [9.17, 15) is 22.8 Å². The van der Waals surface area contributed by atoms with E-state index in [1.165, 1.54) is 7.11 Å². The Balaban J connectivity index is 3.02. The van der Waals surface area contributed by atoms with E-state index in [0.29, 0.717) is 0 Å². The molecule has 0 aliphatic carbocycles. The van der Waals surface area contributed by atoms with E-state index in [-0.39, 0.29) is 22.0 Å². The molecule has 0 fully saturated rings. The molecule has 0 saturated heterocycles. The Morgan fingerprint density at radius 1 is 1.40 bits per heavy atom. The minimum absolute atomic E-state index is 0.135. The molecule has 0 heterocycles. The lowest BCUT2D eigenvalue weighted by Crippen LogP contribution is -2.21. The van der Waals surface area contributed by atoms with Gasteiger partial charge in [0, 0.05) is 6.07 Å². The Labute approximate surface area is 116 Å². The number of ether oxygens (including phenoxy) is 1. The molecule has 2 N–H and O–H groups in total. The summed E-state index contributed by atoms with van der Waals surface area (Å²) >= 11 is 5.70. The molecular formula is C11H9ClF3NO4. The number of hydrogen-bond donors (Lipinski definition) is 2. The van der Waals surface area contributed by atoms with E-state index >= 15 is 0 Å². The van der Waals surface area contributed by atoms with Crippen LogP contribution in [0.15, 0.2) is 12.1 Å². The average molecular weight is 312 g/mol. The van der Waals surface area contributed by atoms with Gasteiger partial charge in [0.15, 0.2) is 0 Å². The van der Waals surface area contributed by atoms with Crippen LogP contribution in [0.25, 0.3) is 0 Å². The van der Waals surface area contributed by atoms with Gasteiger partial charge in [-0.1, -0.05) is 11.6 Å². The number of anilines is 1. The molecule has 1 amide bonds. The van der Waals surface area contributed by atoms with E-state index in [0.717, 1.165) is 12.1 Å². The number of amides is 1. The number of nitrogens with one attached hydrogen (secondary N) is 1. The molecule has 0 atom stereocenters. The summed E-state index contributed by atoms with van der Waals surface area (Å²) in [5.74, 6) is -2.77. The highest BCUT2D eigenvalue weighted by atomic mass is 35.5. The van der Waals surface area contributed by atoms with Gasteiger partial charge in [-0.2, -0.15) is 13.2 Å². The smallest absolute Gasteiger partial charge is 0.397 e. The highest BCUT2D eigenvalue weighted by Crippen LogP contribution is 2.31. The first-order valence-corrected chi connectivity index (χ1v) is 5.49. The lowest BCUT2D eigenvalue weighted by Gasteiger charge is -2.12. The molecule has 1 aromatic rings. The van der Waals surface area contributed by atoms with Crippen LogP contribution in [0.1, 0.15) is 16.8 Å². The lowest BCUT2D eigenvalue weighted by atomic mass is 10.1. The van der Waals surface area contributed by atoms with Gasteiger partial charge in [0.2, 0.25) is 5.91 Å². The number of benzene rings is 1. The van der Waals surface area contributed by atoms with Crippen LogP contribution in [0.2, 0.25) is 5.02 Å². The van der Waals surface area contributed by atoms with Gasteiger partial charge in [-0.05, 0) is 6.07 Å². The van der Waals surface area contributed by atoms with Gasteiger partial charge < -0.3 is 15.2 Å². The van der Waals surface area contributed by atoms with Crippen LogP contribution >= 0.6 is 11.6 Å². The highest BCUT2D eigenvalue weighted by Gasteiger charge is 2.31. The molecule has 5 nitrogen and oxygen atoms in total. The van der Waals surface area contributed by atoms with Crippen LogP contribution in [0.4, 0.5) is 18.9 Å². The molecule has 0 saturated carbocycles. The van der Waals surface area contributed by atoms with Gasteiger partial charge in [-0.3, -0.25) is 4.79 Å². The second-order valence-corrected chi connectivity index (χ2v) is 4.08. The lowest BCUT2D eigenvalue weighted by molar-refractivity contribution is -0.150. The van der Waals surface area contributed by atoms with Crippen molar-refractivity contribution >= 4 is 29.2 Å². The average Bonchev–Trinajstić information content (AvgIpc) is 2.28. The summed E-state index contributed by atoms with van der Waals surface area (Å²) in [5.41, 5.74) is -0.436. The Bertz CT molecular complexity index is 545. The summed E-state index contributed by atoms with van der Waals surface area (Å²) in [6, 6.07) is 2.02. The number of rotatable bonds is 4. The summed E-state index contributed by atoms with van der Waals surface area (Å²) in [6.07, 6.45) is -6.33. The van der Waals surface area contributed by atoms with Crippen molar-refractivity contribution in [3.63, 3.8) is 0 Å². The van der Waals surface area contributed by atoms with Crippen LogP contribution in [0.3, 0.4) is 0 Å². The summed E-state index contributed by atoms with van der Waals surface area (Å²) in [4.78, 5) is 22.0. The summed E-state index contributed by atoms with van der Waals surface area (Å²) < 4.78 is 40.9. The fourth-order valence-electron chi connectivity index (χ4n) is 1.36. The topological polar surface area (TPSA) is 75.6 Å². The summed E-state index contributed by atoms with van der Waals surface area (Å²) in [5, 5.41) is 10.6. The molecule has 0 unspecified atom stereocenters. The van der Waals surface area contributed by atoms with E-state index in [2.05, 4.69) is 0 Å². The van der Waals surface area contributed by atoms with Crippen molar-refractivity contribution in [3.8, 4) is 5.75 Å². The number of carbonyl (C=O) groups is 2. The first-order valence-electron chi connectivity index (χ1n) is 5.11. The summed E-state index contributed by atoms with van der Waals surface area (Å²) in [7, 11) is 1.18. The largest absolute Gasteiger partial charge is 0.496 e. The molecule has 0 bridgehead atoms. The SMILES string of the molecule is COc1cc(NC(=O)CC(F)(F)F)c(Cl)cc1C(=O)O. The van der Waals surface area contributed by atoms with Crippen molar-refractivity contribution in [1.29, 1.82) is 0 Å². The maximum atomic E-state index is 12.0. The number of carbonyl (C=O) groups excluding carboxylic acids is 1. The molecule has 110 valence electrons. The van der Waals surface area contributed by atoms with Crippen molar-refractivity contribution in [1.82, 2.24) is 0 Å². The molecule has 1 aromatic carbocycles. The predicted molar refractivity (Wildman–Crippen MR) is 64.3 cm³/mol. The van der Waals surface area contributed by atoms with Crippen molar-refractivity contribution in [2.45, 2.75) is 12.6 Å². The zero-order valence-electron chi connectivity index (χ0n) is 10.0. The second kappa shape index (κ2) is 6.00. The maximum absolute atomic E-state index is 12.0.